The third-order valence-corrected chi connectivity index (χ3v) is 17.9. The van der Waals surface area contributed by atoms with E-state index in [4.69, 9.17) is 0 Å². The molecule has 62 valence electrons. The quantitative estimate of drug-likeness (QED) is 0.562. The minimum absolute atomic E-state index is 0.168. The maximum Gasteiger partial charge on any atom is 0.0274 e. The monoisotopic (exact) mass is 174 g/mol. The fourth-order valence-corrected chi connectivity index (χ4v) is 13.7. The Kier molecular flexibility index (Phi) is 6.43. The second kappa shape index (κ2) is 6.16. The highest BCUT2D eigenvalue weighted by Gasteiger charge is 2.16. The maximum absolute atomic E-state index is 2.41. The van der Waals surface area contributed by atoms with E-state index in [0.717, 1.165) is 0 Å². The molecule has 0 aliphatic heterocycles. The van der Waals surface area contributed by atoms with Gasteiger partial charge in [-0.05, 0) is 0 Å². The zero-order valence-corrected chi connectivity index (χ0v) is 10.3. The SMILES string of the molecule is CC[SiH](CC)[SiH](CC)CC. The van der Waals surface area contributed by atoms with E-state index in [1.165, 1.54) is 0 Å². The molecule has 0 nitrogen and oxygen atoms in total. The average Bonchev–Trinajstić information content (AvgIpc) is 2.00. The van der Waals surface area contributed by atoms with Crippen molar-refractivity contribution in [2.75, 3.05) is 0 Å². The third kappa shape index (κ3) is 3.01. The van der Waals surface area contributed by atoms with Gasteiger partial charge in [-0.3, -0.25) is 0 Å². The molecule has 0 amide bonds. The molecular formula is C8H22Si2. The van der Waals surface area contributed by atoms with Crippen LogP contribution in [0.2, 0.25) is 24.2 Å². The molecule has 0 bridgehead atoms. The minimum Gasteiger partial charge on any atom is -0.0682 e. The van der Waals surface area contributed by atoms with Gasteiger partial charge in [-0.15, -0.1) is 0 Å². The standard InChI is InChI=1S/C8H22Si2/c1-5-9(6-2)10(7-3)8-4/h9-10H,5-8H2,1-4H3. The maximum atomic E-state index is 2.41. The Bertz CT molecular complexity index is 55.7. The molecule has 0 atom stereocenters. The molecule has 0 spiro atoms. The summed E-state index contributed by atoms with van der Waals surface area (Å²) in [4.78, 5) is 0. The van der Waals surface area contributed by atoms with Gasteiger partial charge in [0.25, 0.3) is 0 Å². The highest BCUT2D eigenvalue weighted by molar-refractivity contribution is 7.22. The van der Waals surface area contributed by atoms with E-state index in [9.17, 15) is 0 Å². The van der Waals surface area contributed by atoms with Crippen molar-refractivity contribution in [3.63, 3.8) is 0 Å². The Labute approximate surface area is 69.0 Å². The first-order valence-electron chi connectivity index (χ1n) is 4.79. The Morgan fingerprint density at radius 1 is 0.600 bits per heavy atom. The summed E-state index contributed by atoms with van der Waals surface area (Å²) in [5.74, 6) is 0. The van der Waals surface area contributed by atoms with Gasteiger partial charge in [-0.2, -0.15) is 0 Å². The number of hydrogen-bond acceptors (Lipinski definition) is 0. The summed E-state index contributed by atoms with van der Waals surface area (Å²) >= 11 is 0. The summed E-state index contributed by atoms with van der Waals surface area (Å²) in [6.07, 6.45) is 0. The van der Waals surface area contributed by atoms with Gasteiger partial charge in [0.15, 0.2) is 0 Å². The molecule has 0 aliphatic carbocycles. The predicted octanol–water partition coefficient (Wildman–Crippen LogP) is 2.60. The number of rotatable bonds is 5. The first-order valence-corrected chi connectivity index (χ1v) is 10.7. The van der Waals surface area contributed by atoms with Crippen LogP contribution in [0.5, 0.6) is 0 Å². The van der Waals surface area contributed by atoms with Gasteiger partial charge in [-0.1, -0.05) is 51.9 Å². The fourth-order valence-electron chi connectivity index (χ4n) is 1.91. The van der Waals surface area contributed by atoms with Crippen molar-refractivity contribution >= 4 is 16.6 Å². The highest BCUT2D eigenvalue weighted by atomic mass is 29.2. The smallest absolute Gasteiger partial charge is 0.0274 e. The Balaban J connectivity index is 3.70. The van der Waals surface area contributed by atoms with Crippen LogP contribution in [0.1, 0.15) is 27.7 Å². The molecular weight excluding hydrogens is 152 g/mol. The van der Waals surface area contributed by atoms with Crippen LogP contribution in [0.25, 0.3) is 0 Å². The lowest BCUT2D eigenvalue weighted by atomic mass is 10.9. The Hall–Kier alpha value is 0.434. The molecule has 0 aromatic rings. The predicted molar refractivity (Wildman–Crippen MR) is 56.2 cm³/mol. The second-order valence-corrected chi connectivity index (χ2v) is 15.1. The van der Waals surface area contributed by atoms with Crippen molar-refractivity contribution in [2.45, 2.75) is 51.9 Å². The molecule has 0 heterocycles. The van der Waals surface area contributed by atoms with Gasteiger partial charge in [0.05, 0.1) is 0 Å². The first kappa shape index (κ1) is 10.4. The summed E-state index contributed by atoms with van der Waals surface area (Å²) in [5.41, 5.74) is 0. The van der Waals surface area contributed by atoms with Crippen LogP contribution in [-0.2, 0) is 0 Å². The Morgan fingerprint density at radius 2 is 0.800 bits per heavy atom. The lowest BCUT2D eigenvalue weighted by molar-refractivity contribution is 1.29. The van der Waals surface area contributed by atoms with Crippen molar-refractivity contribution in [1.82, 2.24) is 0 Å². The third-order valence-electron chi connectivity index (χ3n) is 2.76. The number of hydrogen-bond donors (Lipinski definition) is 0. The molecule has 0 unspecified atom stereocenters. The highest BCUT2D eigenvalue weighted by Crippen LogP contribution is 2.09. The molecule has 0 N–H and O–H groups in total. The zero-order chi connectivity index (χ0) is 7.98. The van der Waals surface area contributed by atoms with Crippen molar-refractivity contribution in [3.8, 4) is 0 Å². The largest absolute Gasteiger partial charge is 0.0682 e. The first-order chi connectivity index (χ1) is 4.79. The molecule has 0 radical (unpaired) electrons. The van der Waals surface area contributed by atoms with Crippen LogP contribution in [-0.4, -0.2) is 16.6 Å². The van der Waals surface area contributed by atoms with Gasteiger partial charge in [0, 0.05) is 16.6 Å². The summed E-state index contributed by atoms with van der Waals surface area (Å²) in [6.45, 7) is 9.63. The van der Waals surface area contributed by atoms with Gasteiger partial charge in [0.1, 0.15) is 0 Å². The molecule has 0 rings (SSSR count). The second-order valence-electron chi connectivity index (χ2n) is 3.15. The minimum atomic E-state index is -0.168. The van der Waals surface area contributed by atoms with E-state index in [2.05, 4.69) is 27.7 Å². The summed E-state index contributed by atoms with van der Waals surface area (Å²) in [6, 6.07) is 6.26. The van der Waals surface area contributed by atoms with Crippen LogP contribution in [0.15, 0.2) is 0 Å². The van der Waals surface area contributed by atoms with Gasteiger partial charge < -0.3 is 0 Å². The van der Waals surface area contributed by atoms with E-state index in [1.807, 2.05) is 0 Å². The molecule has 0 fully saturated rings. The van der Waals surface area contributed by atoms with E-state index in [1.54, 1.807) is 24.2 Å². The van der Waals surface area contributed by atoms with Crippen LogP contribution in [0.3, 0.4) is 0 Å². The zero-order valence-electron chi connectivity index (χ0n) is 7.98. The molecule has 0 saturated heterocycles. The Morgan fingerprint density at radius 3 is 0.900 bits per heavy atom. The van der Waals surface area contributed by atoms with Crippen molar-refractivity contribution < 1.29 is 0 Å². The van der Waals surface area contributed by atoms with Crippen molar-refractivity contribution in [3.05, 3.63) is 0 Å². The van der Waals surface area contributed by atoms with E-state index >= 15 is 0 Å². The molecule has 0 aromatic carbocycles. The van der Waals surface area contributed by atoms with Crippen LogP contribution >= 0.6 is 0 Å². The lowest BCUT2D eigenvalue weighted by Crippen LogP contribution is -2.32. The molecule has 10 heavy (non-hydrogen) atoms. The normalized spacial score (nSPS) is 11.4. The van der Waals surface area contributed by atoms with E-state index in [-0.39, 0.29) is 16.6 Å². The van der Waals surface area contributed by atoms with Crippen LogP contribution < -0.4 is 0 Å². The lowest BCUT2D eigenvalue weighted by Gasteiger charge is -2.18. The van der Waals surface area contributed by atoms with Crippen molar-refractivity contribution in [1.29, 1.82) is 0 Å². The molecule has 0 aromatic heterocycles. The van der Waals surface area contributed by atoms with E-state index in [0.29, 0.717) is 0 Å². The van der Waals surface area contributed by atoms with Crippen LogP contribution in [0.4, 0.5) is 0 Å². The van der Waals surface area contributed by atoms with Gasteiger partial charge in [0.2, 0.25) is 0 Å². The summed E-state index contributed by atoms with van der Waals surface area (Å²) in [7, 11) is -0.336. The van der Waals surface area contributed by atoms with Gasteiger partial charge >= 0.3 is 0 Å². The average molecular weight is 174 g/mol. The molecule has 0 saturated carbocycles. The van der Waals surface area contributed by atoms with Crippen molar-refractivity contribution in [2.24, 2.45) is 0 Å². The summed E-state index contributed by atoms with van der Waals surface area (Å²) in [5, 5.41) is 0. The molecule has 2 heteroatoms. The summed E-state index contributed by atoms with van der Waals surface area (Å²) < 4.78 is 0. The van der Waals surface area contributed by atoms with Crippen LogP contribution in [0, 0.1) is 0 Å². The topological polar surface area (TPSA) is 0 Å². The fraction of sp³-hybridized carbons (Fsp3) is 1.00. The van der Waals surface area contributed by atoms with E-state index < -0.39 is 0 Å². The van der Waals surface area contributed by atoms with Gasteiger partial charge in [-0.25, -0.2) is 0 Å². The molecule has 0 aliphatic rings.